The summed E-state index contributed by atoms with van der Waals surface area (Å²) in [4.78, 5) is 23.7. The van der Waals surface area contributed by atoms with Gasteiger partial charge in [0.15, 0.2) is 12.1 Å². The van der Waals surface area contributed by atoms with Crippen LogP contribution in [0, 0.1) is 0 Å². The van der Waals surface area contributed by atoms with Gasteiger partial charge in [0, 0.05) is 0 Å². The molecule has 0 aromatic carbocycles. The summed E-state index contributed by atoms with van der Waals surface area (Å²) >= 11 is 0. The molecule has 0 aromatic rings. The first-order valence-electron chi connectivity index (χ1n) is 9.33. The second kappa shape index (κ2) is 9.47. The molecule has 0 aliphatic carbocycles. The Labute approximate surface area is 166 Å². The molecule has 10 heteroatoms. The second-order valence-electron chi connectivity index (χ2n) is 8.86. The highest BCUT2D eigenvalue weighted by atomic mass is 28.4. The third-order valence-corrected chi connectivity index (χ3v) is 10.7. The molecule has 2 N–H and O–H groups in total. The Morgan fingerprint density at radius 2 is 1.32 bits per heavy atom. The number of nitrogens with one attached hydrogen (secondary N) is 1. The Hall–Kier alpha value is -1.29. The fourth-order valence-electron chi connectivity index (χ4n) is 3.65. The zero-order chi connectivity index (χ0) is 22.7. The molecular weight excluding hydrogens is 395 g/mol. The molecule has 0 fully saturated rings. The molecule has 0 aromatic heterocycles. The Bertz CT molecular complexity index is 523. The number of carbonyl (C=O) groups excluding carboxylic acids is 1. The number of ether oxygens (including phenoxy) is 1. The predicted molar refractivity (Wildman–Crippen MR) is 103 cm³/mol. The van der Waals surface area contributed by atoms with E-state index in [1.165, 1.54) is 20.8 Å². The van der Waals surface area contributed by atoms with Crippen molar-refractivity contribution in [1.82, 2.24) is 5.32 Å². The monoisotopic (exact) mass is 429 g/mol. The minimum Gasteiger partial charge on any atom is -0.479 e. The molecule has 6 nitrogen and oxygen atoms in total. The number of rotatable bonds is 8. The summed E-state index contributed by atoms with van der Waals surface area (Å²) in [7, 11) is -2.97. The summed E-state index contributed by atoms with van der Waals surface area (Å²) in [5.41, 5.74) is -1.44. The van der Waals surface area contributed by atoms with Gasteiger partial charge in [0.2, 0.25) is 8.32 Å². The van der Waals surface area contributed by atoms with E-state index in [-0.39, 0.29) is 16.6 Å². The maximum Gasteiger partial charge on any atom is 0.411 e. The van der Waals surface area contributed by atoms with Crippen LogP contribution in [0.3, 0.4) is 0 Å². The average molecular weight is 430 g/mol. The van der Waals surface area contributed by atoms with Crippen molar-refractivity contribution in [2.24, 2.45) is 0 Å². The van der Waals surface area contributed by atoms with Crippen molar-refractivity contribution in [2.45, 2.75) is 103 Å². The van der Waals surface area contributed by atoms with E-state index in [2.05, 4.69) is 0 Å². The molecular formula is C18H34F3NO5Si. The summed E-state index contributed by atoms with van der Waals surface area (Å²) in [5.74, 6) is -1.78. The van der Waals surface area contributed by atoms with E-state index in [0.717, 1.165) is 0 Å². The summed E-state index contributed by atoms with van der Waals surface area (Å²) in [6, 6.07) is -2.73. The van der Waals surface area contributed by atoms with E-state index >= 15 is 0 Å². The SMILES string of the molecule is CC(C)[Si](O[C@@H](C(=O)O)[C@@H](NC(=O)OC(C)(C)C)C(F)(F)F)(C(C)C)C(C)C. The minimum atomic E-state index is -5.04. The lowest BCUT2D eigenvalue weighted by atomic mass is 10.1. The van der Waals surface area contributed by atoms with Gasteiger partial charge in [0.25, 0.3) is 0 Å². The molecule has 0 bridgehead atoms. The molecule has 0 unspecified atom stereocenters. The molecule has 0 saturated carbocycles. The molecule has 0 rings (SSSR count). The van der Waals surface area contributed by atoms with E-state index in [4.69, 9.17) is 9.16 Å². The maximum absolute atomic E-state index is 13.7. The standard InChI is InChI=1S/C18H34F3NO5Si/c1-10(2)28(11(3)4,12(5)6)27-13(15(23)24)14(18(19,20)21)22-16(25)26-17(7,8)9/h10-14H,1-9H3,(H,22,25)(H,23,24)/t13-,14-/m1/s1. The van der Waals surface area contributed by atoms with E-state index in [9.17, 15) is 27.9 Å². The van der Waals surface area contributed by atoms with Gasteiger partial charge in [-0.1, -0.05) is 41.5 Å². The van der Waals surface area contributed by atoms with Crippen molar-refractivity contribution in [3.63, 3.8) is 0 Å². The number of carboxylic acid groups (broad SMARTS) is 1. The highest BCUT2D eigenvalue weighted by molar-refractivity contribution is 6.77. The van der Waals surface area contributed by atoms with Crippen molar-refractivity contribution in [2.75, 3.05) is 0 Å². The Morgan fingerprint density at radius 3 is 1.57 bits per heavy atom. The molecule has 2 atom stereocenters. The minimum absolute atomic E-state index is 0.134. The van der Waals surface area contributed by atoms with Gasteiger partial charge in [-0.05, 0) is 37.4 Å². The molecule has 0 aliphatic heterocycles. The zero-order valence-corrected chi connectivity index (χ0v) is 19.1. The largest absolute Gasteiger partial charge is 0.479 e. The van der Waals surface area contributed by atoms with Crippen LogP contribution < -0.4 is 5.32 Å². The summed E-state index contributed by atoms with van der Waals surface area (Å²) < 4.78 is 51.8. The maximum atomic E-state index is 13.7. The fourth-order valence-corrected chi connectivity index (χ4v) is 9.15. The zero-order valence-electron chi connectivity index (χ0n) is 18.1. The van der Waals surface area contributed by atoms with Crippen LogP contribution in [-0.4, -0.2) is 49.4 Å². The van der Waals surface area contributed by atoms with Gasteiger partial charge in [0.05, 0.1) is 0 Å². The average Bonchev–Trinajstić information content (AvgIpc) is 2.41. The lowest BCUT2D eigenvalue weighted by Gasteiger charge is -2.45. The molecule has 28 heavy (non-hydrogen) atoms. The highest BCUT2D eigenvalue weighted by Crippen LogP contribution is 2.44. The van der Waals surface area contributed by atoms with E-state index in [0.29, 0.717) is 0 Å². The van der Waals surface area contributed by atoms with Crippen molar-refractivity contribution in [3.05, 3.63) is 0 Å². The number of carbonyl (C=O) groups is 2. The van der Waals surface area contributed by atoms with Gasteiger partial charge in [-0.2, -0.15) is 13.2 Å². The molecule has 0 heterocycles. The summed E-state index contributed by atoms with van der Waals surface area (Å²) in [6.07, 6.45) is -8.66. The third-order valence-electron chi connectivity index (χ3n) is 4.61. The van der Waals surface area contributed by atoms with Gasteiger partial charge in [0.1, 0.15) is 5.60 Å². The summed E-state index contributed by atoms with van der Waals surface area (Å²) in [5, 5.41) is 11.2. The fraction of sp³-hybridized carbons (Fsp3) is 0.889. The van der Waals surface area contributed by atoms with E-state index in [1.54, 1.807) is 5.32 Å². The van der Waals surface area contributed by atoms with Crippen LogP contribution in [0.5, 0.6) is 0 Å². The lowest BCUT2D eigenvalue weighted by molar-refractivity contribution is -0.186. The number of amides is 1. The number of alkyl halides is 3. The smallest absolute Gasteiger partial charge is 0.411 e. The van der Waals surface area contributed by atoms with Crippen LogP contribution in [0.25, 0.3) is 0 Å². The lowest BCUT2D eigenvalue weighted by Crippen LogP contribution is -2.62. The Kier molecular flexibility index (Phi) is 9.03. The Balaban J connectivity index is 6.09. The first kappa shape index (κ1) is 26.7. The number of alkyl carbamates (subject to hydrolysis) is 1. The van der Waals surface area contributed by atoms with Crippen molar-refractivity contribution >= 4 is 20.4 Å². The third kappa shape index (κ3) is 6.95. The molecule has 0 spiro atoms. The molecule has 166 valence electrons. The number of hydrogen-bond acceptors (Lipinski definition) is 4. The van der Waals surface area contributed by atoms with Crippen LogP contribution in [-0.2, 0) is 14.0 Å². The van der Waals surface area contributed by atoms with Crippen molar-refractivity contribution in [3.8, 4) is 0 Å². The molecule has 1 amide bonds. The predicted octanol–water partition coefficient (Wildman–Crippen LogP) is 5.09. The van der Waals surface area contributed by atoms with Crippen LogP contribution >= 0.6 is 0 Å². The van der Waals surface area contributed by atoms with Crippen molar-refractivity contribution in [1.29, 1.82) is 0 Å². The highest BCUT2D eigenvalue weighted by Gasteiger charge is 2.55. The number of hydrogen-bond donors (Lipinski definition) is 2. The quantitative estimate of drug-likeness (QED) is 0.525. The van der Waals surface area contributed by atoms with Gasteiger partial charge in [-0.15, -0.1) is 0 Å². The molecule has 0 aliphatic rings. The Morgan fingerprint density at radius 1 is 0.929 bits per heavy atom. The first-order chi connectivity index (χ1) is 12.4. The second-order valence-corrected chi connectivity index (χ2v) is 14.3. The van der Waals surface area contributed by atoms with Crippen LogP contribution in [0.15, 0.2) is 0 Å². The normalized spacial score (nSPS) is 15.7. The first-order valence-corrected chi connectivity index (χ1v) is 11.5. The number of halogens is 3. The number of aliphatic carboxylic acids is 1. The van der Waals surface area contributed by atoms with E-state index in [1.807, 2.05) is 41.5 Å². The van der Waals surface area contributed by atoms with Gasteiger partial charge >= 0.3 is 18.2 Å². The van der Waals surface area contributed by atoms with Gasteiger partial charge in [-0.3, -0.25) is 0 Å². The van der Waals surface area contributed by atoms with Crippen LogP contribution in [0.1, 0.15) is 62.3 Å². The summed E-state index contributed by atoms with van der Waals surface area (Å²) in [6.45, 7) is 15.5. The number of carboxylic acids is 1. The van der Waals surface area contributed by atoms with Crippen LogP contribution in [0.4, 0.5) is 18.0 Å². The topological polar surface area (TPSA) is 84.9 Å². The van der Waals surface area contributed by atoms with Gasteiger partial charge in [-0.25, -0.2) is 9.59 Å². The van der Waals surface area contributed by atoms with E-state index < -0.39 is 44.3 Å². The molecule has 0 radical (unpaired) electrons. The van der Waals surface area contributed by atoms with Crippen molar-refractivity contribution < 1.29 is 37.0 Å². The molecule has 0 saturated heterocycles. The van der Waals surface area contributed by atoms with Crippen LogP contribution in [0.2, 0.25) is 16.6 Å². The van der Waals surface area contributed by atoms with Gasteiger partial charge < -0.3 is 19.6 Å².